The van der Waals surface area contributed by atoms with Crippen LogP contribution in [-0.4, -0.2) is 12.8 Å². The van der Waals surface area contributed by atoms with E-state index in [1.54, 1.807) is 36.4 Å². The molecule has 0 heterocycles. The van der Waals surface area contributed by atoms with E-state index >= 15 is 0 Å². The van der Waals surface area contributed by atoms with Crippen LogP contribution in [0.5, 0.6) is 17.2 Å². The molecule has 0 saturated carbocycles. The quantitative estimate of drug-likeness (QED) is 0.256. The van der Waals surface area contributed by atoms with Crippen molar-refractivity contribution in [3.05, 3.63) is 102 Å². The Labute approximate surface area is 177 Å². The van der Waals surface area contributed by atoms with Crippen molar-refractivity contribution < 1.29 is 19.0 Å². The van der Waals surface area contributed by atoms with Crippen LogP contribution in [0.1, 0.15) is 32.6 Å². The van der Waals surface area contributed by atoms with E-state index in [2.05, 4.69) is 13.2 Å². The summed E-state index contributed by atoms with van der Waals surface area (Å²) in [7, 11) is 0. The zero-order chi connectivity index (χ0) is 21.5. The fourth-order valence-electron chi connectivity index (χ4n) is 2.81. The van der Waals surface area contributed by atoms with Gasteiger partial charge in [0.05, 0.1) is 5.56 Å². The molecule has 0 aromatic heterocycles. The zero-order valence-corrected chi connectivity index (χ0v) is 17.2. The highest BCUT2D eigenvalue weighted by Gasteiger charge is 2.14. The first-order valence-corrected chi connectivity index (χ1v) is 9.55. The molecule has 0 radical (unpaired) electrons. The predicted molar refractivity (Wildman–Crippen MR) is 120 cm³/mol. The average molecular weight is 400 g/mol. The highest BCUT2D eigenvalue weighted by molar-refractivity contribution is 5.91. The van der Waals surface area contributed by atoms with Crippen LogP contribution in [0.25, 0.3) is 12.2 Å². The van der Waals surface area contributed by atoms with Crippen LogP contribution in [0.15, 0.2) is 73.8 Å². The Bertz CT molecular complexity index is 1050. The van der Waals surface area contributed by atoms with Crippen LogP contribution in [0, 0.1) is 13.8 Å². The summed E-state index contributed by atoms with van der Waals surface area (Å²) in [4.78, 5) is 12.4. The summed E-state index contributed by atoms with van der Waals surface area (Å²) in [5, 5.41) is 0. The highest BCUT2D eigenvalue weighted by atomic mass is 16.7. The third-order valence-corrected chi connectivity index (χ3v) is 4.83. The van der Waals surface area contributed by atoms with Gasteiger partial charge in [-0.1, -0.05) is 49.6 Å². The van der Waals surface area contributed by atoms with E-state index in [1.165, 1.54) is 0 Å². The Morgan fingerprint density at radius 2 is 1.30 bits per heavy atom. The zero-order valence-electron chi connectivity index (χ0n) is 17.2. The summed E-state index contributed by atoms with van der Waals surface area (Å²) in [6.45, 7) is 11.3. The van der Waals surface area contributed by atoms with E-state index in [0.29, 0.717) is 22.8 Å². The maximum atomic E-state index is 12.4. The Kier molecular flexibility index (Phi) is 6.71. The summed E-state index contributed by atoms with van der Waals surface area (Å²) < 4.78 is 17.0. The van der Waals surface area contributed by atoms with Gasteiger partial charge in [0.2, 0.25) is 6.79 Å². The summed E-state index contributed by atoms with van der Waals surface area (Å²) in [6, 6.07) is 18.2. The molecule has 3 rings (SSSR count). The molecule has 3 aromatic rings. The molecule has 0 aliphatic rings. The number of hydrogen-bond acceptors (Lipinski definition) is 4. The van der Waals surface area contributed by atoms with Crippen LogP contribution < -0.4 is 14.2 Å². The standard InChI is InChI=1S/C26H24O4/c1-5-20-7-11-22(12-8-20)26(27)30-25-16-15-24(18(3)19(25)4)29-17-28-23-13-9-21(6-2)10-14-23/h5-16H,1-2,17H2,3-4H3. The van der Waals surface area contributed by atoms with Crippen molar-refractivity contribution in [2.24, 2.45) is 0 Å². The summed E-state index contributed by atoms with van der Waals surface area (Å²) >= 11 is 0. The van der Waals surface area contributed by atoms with Crippen molar-refractivity contribution in [1.82, 2.24) is 0 Å². The van der Waals surface area contributed by atoms with Gasteiger partial charge in [-0.3, -0.25) is 0 Å². The second kappa shape index (κ2) is 9.61. The number of carbonyl (C=O) groups is 1. The number of hydrogen-bond donors (Lipinski definition) is 0. The van der Waals surface area contributed by atoms with E-state index in [-0.39, 0.29) is 6.79 Å². The largest absolute Gasteiger partial charge is 0.458 e. The number of ether oxygens (including phenoxy) is 3. The highest BCUT2D eigenvalue weighted by Crippen LogP contribution is 2.30. The first kappa shape index (κ1) is 20.9. The number of benzene rings is 3. The Balaban J connectivity index is 1.63. The number of rotatable bonds is 8. The molecule has 152 valence electrons. The maximum Gasteiger partial charge on any atom is 0.343 e. The normalized spacial score (nSPS) is 10.2. The predicted octanol–water partition coefficient (Wildman–Crippen LogP) is 6.22. The van der Waals surface area contributed by atoms with E-state index in [1.807, 2.05) is 50.2 Å². The van der Waals surface area contributed by atoms with Crippen molar-refractivity contribution in [2.45, 2.75) is 13.8 Å². The molecule has 4 nitrogen and oxygen atoms in total. The van der Waals surface area contributed by atoms with Crippen molar-refractivity contribution in [3.8, 4) is 17.2 Å². The smallest absolute Gasteiger partial charge is 0.343 e. The van der Waals surface area contributed by atoms with Crippen LogP contribution in [-0.2, 0) is 0 Å². The van der Waals surface area contributed by atoms with Crippen molar-refractivity contribution in [1.29, 1.82) is 0 Å². The van der Waals surface area contributed by atoms with Gasteiger partial charge in [0, 0.05) is 0 Å². The topological polar surface area (TPSA) is 44.8 Å². The molecule has 0 bridgehead atoms. The molecule has 3 aromatic carbocycles. The van der Waals surface area contributed by atoms with Gasteiger partial charge in [0.15, 0.2) is 0 Å². The molecule has 0 aliphatic heterocycles. The van der Waals surface area contributed by atoms with E-state index < -0.39 is 5.97 Å². The van der Waals surface area contributed by atoms with Gasteiger partial charge in [0.25, 0.3) is 0 Å². The molecule has 4 heteroatoms. The third kappa shape index (κ3) is 4.97. The van der Waals surface area contributed by atoms with Crippen LogP contribution in [0.4, 0.5) is 0 Å². The maximum absolute atomic E-state index is 12.4. The molecular weight excluding hydrogens is 376 g/mol. The molecule has 0 aliphatic carbocycles. The first-order chi connectivity index (χ1) is 14.5. The molecule has 30 heavy (non-hydrogen) atoms. The SMILES string of the molecule is C=Cc1ccc(OCOc2ccc(OC(=O)c3ccc(C=C)cc3)c(C)c2C)cc1. The van der Waals surface area contributed by atoms with E-state index in [4.69, 9.17) is 14.2 Å². The van der Waals surface area contributed by atoms with Crippen molar-refractivity contribution in [3.63, 3.8) is 0 Å². The van der Waals surface area contributed by atoms with Gasteiger partial charge in [-0.2, -0.15) is 0 Å². The van der Waals surface area contributed by atoms with Gasteiger partial charge in [-0.05, 0) is 72.5 Å². The van der Waals surface area contributed by atoms with Crippen LogP contribution in [0.2, 0.25) is 0 Å². The molecule has 0 amide bonds. The van der Waals surface area contributed by atoms with E-state index in [0.717, 1.165) is 22.3 Å². The lowest BCUT2D eigenvalue weighted by Crippen LogP contribution is -2.11. The van der Waals surface area contributed by atoms with Gasteiger partial charge in [-0.25, -0.2) is 4.79 Å². The second-order valence-corrected chi connectivity index (χ2v) is 6.71. The lowest BCUT2D eigenvalue weighted by atomic mass is 10.1. The van der Waals surface area contributed by atoms with Crippen LogP contribution >= 0.6 is 0 Å². The fraction of sp³-hybridized carbons (Fsp3) is 0.115. The molecular formula is C26H24O4. The summed E-state index contributed by atoms with van der Waals surface area (Å²) in [6.07, 6.45) is 3.50. The second-order valence-electron chi connectivity index (χ2n) is 6.71. The molecule has 0 saturated heterocycles. The molecule has 0 unspecified atom stereocenters. The minimum atomic E-state index is -0.409. The van der Waals surface area contributed by atoms with Gasteiger partial charge in [0.1, 0.15) is 17.2 Å². The summed E-state index contributed by atoms with van der Waals surface area (Å²) in [5.41, 5.74) is 4.16. The Morgan fingerprint density at radius 3 is 1.90 bits per heavy atom. The molecule has 0 spiro atoms. The average Bonchev–Trinajstić information content (AvgIpc) is 2.79. The lowest BCUT2D eigenvalue weighted by molar-refractivity contribution is 0.0732. The van der Waals surface area contributed by atoms with Gasteiger partial charge in [-0.15, -0.1) is 0 Å². The van der Waals surface area contributed by atoms with Crippen molar-refractivity contribution >= 4 is 18.1 Å². The van der Waals surface area contributed by atoms with Crippen molar-refractivity contribution in [2.75, 3.05) is 6.79 Å². The van der Waals surface area contributed by atoms with Gasteiger partial charge >= 0.3 is 5.97 Å². The minimum absolute atomic E-state index is 0.0719. The Hall–Kier alpha value is -3.79. The third-order valence-electron chi connectivity index (χ3n) is 4.83. The molecule has 0 N–H and O–H groups in total. The summed E-state index contributed by atoms with van der Waals surface area (Å²) in [5.74, 6) is 1.47. The fourth-order valence-corrected chi connectivity index (χ4v) is 2.81. The molecule has 0 atom stereocenters. The lowest BCUT2D eigenvalue weighted by Gasteiger charge is -2.15. The minimum Gasteiger partial charge on any atom is -0.458 e. The van der Waals surface area contributed by atoms with Gasteiger partial charge < -0.3 is 14.2 Å². The Morgan fingerprint density at radius 1 is 0.767 bits per heavy atom. The number of esters is 1. The number of carbonyl (C=O) groups excluding carboxylic acids is 1. The first-order valence-electron chi connectivity index (χ1n) is 9.55. The van der Waals surface area contributed by atoms with Crippen LogP contribution in [0.3, 0.4) is 0 Å². The van der Waals surface area contributed by atoms with E-state index in [9.17, 15) is 4.79 Å². The monoisotopic (exact) mass is 400 g/mol. The molecule has 0 fully saturated rings.